The molecule has 2 fully saturated rings. The number of hydrogen-bond acceptors (Lipinski definition) is 6. The van der Waals surface area contributed by atoms with Gasteiger partial charge in [0, 0.05) is 37.6 Å². The molecule has 2 aromatic rings. The molecule has 0 spiro atoms. The van der Waals surface area contributed by atoms with Crippen molar-refractivity contribution in [1.29, 1.82) is 10.5 Å². The summed E-state index contributed by atoms with van der Waals surface area (Å²) in [5, 5.41) is 27.3. The van der Waals surface area contributed by atoms with Crippen molar-refractivity contribution in [2.24, 2.45) is 0 Å². The number of hydrogen-bond donors (Lipinski definition) is 2. The van der Waals surface area contributed by atoms with E-state index in [-0.39, 0.29) is 22.5 Å². The molecule has 8 nitrogen and oxygen atoms in total. The lowest BCUT2D eigenvalue weighted by Gasteiger charge is -2.29. The average Bonchev–Trinajstić information content (AvgIpc) is 2.99. The van der Waals surface area contributed by atoms with E-state index in [0.717, 1.165) is 49.7 Å². The Balaban J connectivity index is 1.92. The third-order valence-corrected chi connectivity index (χ3v) is 7.33. The Morgan fingerprint density at radius 3 is 1.23 bits per heavy atom. The van der Waals surface area contributed by atoms with Crippen molar-refractivity contribution in [2.45, 2.75) is 52.4 Å². The first kappa shape index (κ1) is 28.4. The summed E-state index contributed by atoms with van der Waals surface area (Å²) in [5.74, 6) is -0.828. The molecule has 2 N–H and O–H groups in total. The van der Waals surface area contributed by atoms with Gasteiger partial charge in [-0.3, -0.25) is 9.59 Å². The van der Waals surface area contributed by atoms with Crippen LogP contribution in [0.25, 0.3) is 0 Å². The first-order valence-corrected chi connectivity index (χ1v) is 14.0. The van der Waals surface area contributed by atoms with Gasteiger partial charge in [0.15, 0.2) is 0 Å². The molecule has 40 heavy (non-hydrogen) atoms. The fraction of sp³-hybridized carbons (Fsp3) is 0.375. The van der Waals surface area contributed by atoms with Crippen LogP contribution in [0, 0.1) is 36.5 Å². The number of anilines is 2. The minimum atomic E-state index is -0.414. The molecule has 206 valence electrons. The van der Waals surface area contributed by atoms with Crippen LogP contribution in [-0.4, -0.2) is 47.8 Å². The lowest BCUT2D eigenvalue weighted by Crippen LogP contribution is -2.38. The molecule has 2 saturated heterocycles. The van der Waals surface area contributed by atoms with Gasteiger partial charge in [0.2, 0.25) is 0 Å². The number of benzene rings is 2. The molecule has 0 bridgehead atoms. The van der Waals surface area contributed by atoms with E-state index in [1.807, 2.05) is 62.4 Å². The monoisotopic (exact) mass is 536 g/mol. The highest BCUT2D eigenvalue weighted by atomic mass is 16.2. The van der Waals surface area contributed by atoms with Gasteiger partial charge in [-0.1, -0.05) is 35.4 Å². The summed E-state index contributed by atoms with van der Waals surface area (Å²) in [6.07, 6.45) is 5.54. The summed E-state index contributed by atoms with van der Waals surface area (Å²) >= 11 is 0. The molecule has 0 saturated carbocycles. The maximum Gasteiger partial charge on any atom is 0.266 e. The van der Waals surface area contributed by atoms with Gasteiger partial charge in [0.1, 0.15) is 23.3 Å². The van der Waals surface area contributed by atoms with E-state index in [1.165, 1.54) is 0 Å². The molecule has 0 radical (unpaired) electrons. The number of aryl methyl sites for hydroxylation is 2. The lowest BCUT2D eigenvalue weighted by molar-refractivity contribution is -0.128. The third kappa shape index (κ3) is 6.90. The molecule has 2 amide bonds. The maximum absolute atomic E-state index is 13.8. The number of piperidine rings is 2. The van der Waals surface area contributed by atoms with Crippen LogP contribution >= 0.6 is 0 Å². The summed E-state index contributed by atoms with van der Waals surface area (Å²) in [5.41, 5.74) is 3.30. The smallest absolute Gasteiger partial charge is 0.266 e. The third-order valence-electron chi connectivity index (χ3n) is 7.33. The summed E-state index contributed by atoms with van der Waals surface area (Å²) in [4.78, 5) is 30.9. The number of likely N-dealkylation sites (tertiary alicyclic amines) is 2. The Hall–Kier alpha value is -4.56. The van der Waals surface area contributed by atoms with Crippen molar-refractivity contribution in [2.75, 3.05) is 36.8 Å². The van der Waals surface area contributed by atoms with Crippen LogP contribution in [0.3, 0.4) is 0 Å². The van der Waals surface area contributed by atoms with Gasteiger partial charge in [-0.15, -0.1) is 0 Å². The second-order valence-corrected chi connectivity index (χ2v) is 10.4. The zero-order chi connectivity index (χ0) is 28.5. The van der Waals surface area contributed by atoms with Gasteiger partial charge in [-0.25, -0.2) is 0 Å². The summed E-state index contributed by atoms with van der Waals surface area (Å²) in [7, 11) is 0. The normalized spacial score (nSPS) is 16.6. The molecule has 2 heterocycles. The molecule has 0 aliphatic carbocycles. The number of carbonyl (C=O) groups excluding carboxylic acids is 2. The van der Waals surface area contributed by atoms with Crippen molar-refractivity contribution < 1.29 is 9.59 Å². The zero-order valence-corrected chi connectivity index (χ0v) is 23.3. The van der Waals surface area contributed by atoms with Crippen molar-refractivity contribution in [3.8, 4) is 12.1 Å². The Labute approximate surface area is 236 Å². The molecule has 2 aliphatic rings. The average molecular weight is 537 g/mol. The van der Waals surface area contributed by atoms with Gasteiger partial charge in [0.05, 0.1) is 11.4 Å². The fourth-order valence-electron chi connectivity index (χ4n) is 4.99. The van der Waals surface area contributed by atoms with Crippen LogP contribution in [0.15, 0.2) is 71.1 Å². The Morgan fingerprint density at radius 2 is 0.925 bits per heavy atom. The largest absolute Gasteiger partial charge is 0.353 e. The Kier molecular flexibility index (Phi) is 9.59. The number of nitriles is 2. The predicted octanol–water partition coefficient (Wildman–Crippen LogP) is 5.41. The van der Waals surface area contributed by atoms with E-state index in [1.54, 1.807) is 9.80 Å². The van der Waals surface area contributed by atoms with E-state index >= 15 is 0 Å². The molecule has 2 aliphatic heterocycles. The van der Waals surface area contributed by atoms with Crippen molar-refractivity contribution in [3.05, 3.63) is 82.2 Å². The van der Waals surface area contributed by atoms with E-state index in [2.05, 4.69) is 22.8 Å². The van der Waals surface area contributed by atoms with Crippen LogP contribution in [0.1, 0.15) is 49.7 Å². The molecule has 0 atom stereocenters. The summed E-state index contributed by atoms with van der Waals surface area (Å²) in [6.45, 7) is 6.18. The van der Waals surface area contributed by atoms with Gasteiger partial charge in [-0.05, 0) is 76.6 Å². The molecule has 4 rings (SSSR count). The summed E-state index contributed by atoms with van der Waals surface area (Å²) < 4.78 is 0. The topological polar surface area (TPSA) is 112 Å². The summed E-state index contributed by atoms with van der Waals surface area (Å²) in [6, 6.07) is 19.3. The van der Waals surface area contributed by atoms with Crippen molar-refractivity contribution >= 4 is 23.2 Å². The fourth-order valence-corrected chi connectivity index (χ4v) is 4.99. The minimum absolute atomic E-state index is 0.115. The highest BCUT2D eigenvalue weighted by Gasteiger charge is 2.30. The number of carbonyl (C=O) groups is 2. The first-order chi connectivity index (χ1) is 19.4. The van der Waals surface area contributed by atoms with E-state index in [0.29, 0.717) is 37.6 Å². The number of nitrogens with one attached hydrogen (secondary N) is 2. The molecule has 0 unspecified atom stereocenters. The van der Waals surface area contributed by atoms with Gasteiger partial charge in [0.25, 0.3) is 11.8 Å². The molecule has 0 aromatic heterocycles. The zero-order valence-electron chi connectivity index (χ0n) is 23.3. The van der Waals surface area contributed by atoms with E-state index in [9.17, 15) is 20.1 Å². The van der Waals surface area contributed by atoms with Crippen molar-refractivity contribution in [3.63, 3.8) is 0 Å². The van der Waals surface area contributed by atoms with Crippen LogP contribution in [0.5, 0.6) is 0 Å². The molecule has 2 aromatic carbocycles. The molecular weight excluding hydrogens is 500 g/mol. The van der Waals surface area contributed by atoms with Crippen LogP contribution in [-0.2, 0) is 9.59 Å². The van der Waals surface area contributed by atoms with E-state index < -0.39 is 11.8 Å². The predicted molar refractivity (Wildman–Crippen MR) is 156 cm³/mol. The highest BCUT2D eigenvalue weighted by molar-refractivity contribution is 6.03. The van der Waals surface area contributed by atoms with Gasteiger partial charge in [-0.2, -0.15) is 10.5 Å². The molecular formula is C32H36N6O2. The SMILES string of the molecule is Cc1ccc(NC(=C(/C#N)C(=O)N2CCCCC2)/C(Nc2ccc(C)cc2)=C(\C#N)C(=O)N2CCCCC2)cc1. The standard InChI is InChI=1S/C32H36N6O2/c1-23-9-13-25(14-10-23)35-29(27(21-33)31(39)37-17-5-3-6-18-37)30(36-26-15-11-24(2)12-16-26)28(22-34)32(40)38-19-7-4-8-20-38/h9-16,35-36H,3-8,17-20H2,1-2H3/b29-27-,30-28-. The Morgan fingerprint density at radius 1 is 0.600 bits per heavy atom. The van der Waals surface area contributed by atoms with Crippen LogP contribution in [0.2, 0.25) is 0 Å². The maximum atomic E-state index is 13.8. The first-order valence-electron chi connectivity index (χ1n) is 14.0. The van der Waals surface area contributed by atoms with E-state index in [4.69, 9.17) is 0 Å². The minimum Gasteiger partial charge on any atom is -0.353 e. The van der Waals surface area contributed by atoms with Gasteiger partial charge < -0.3 is 20.4 Å². The Bertz CT molecular complexity index is 1260. The number of rotatable bonds is 7. The second-order valence-electron chi connectivity index (χ2n) is 10.4. The van der Waals surface area contributed by atoms with Crippen molar-refractivity contribution in [1.82, 2.24) is 9.80 Å². The highest BCUT2D eigenvalue weighted by Crippen LogP contribution is 2.28. The van der Waals surface area contributed by atoms with Crippen LogP contribution < -0.4 is 10.6 Å². The van der Waals surface area contributed by atoms with Crippen LogP contribution in [0.4, 0.5) is 11.4 Å². The quantitative estimate of drug-likeness (QED) is 0.278. The molecule has 8 heteroatoms. The van der Waals surface area contributed by atoms with Gasteiger partial charge >= 0.3 is 0 Å². The second kappa shape index (κ2) is 13.5. The lowest BCUT2D eigenvalue weighted by atomic mass is 10.0. The number of amides is 2. The number of nitrogens with zero attached hydrogens (tertiary/aromatic N) is 4.